The molecule has 0 aliphatic carbocycles. The van der Waals surface area contributed by atoms with Gasteiger partial charge in [0, 0.05) is 19.0 Å². The highest BCUT2D eigenvalue weighted by Gasteiger charge is 1.97. The van der Waals surface area contributed by atoms with Gasteiger partial charge in [0.25, 0.3) is 0 Å². The van der Waals surface area contributed by atoms with Crippen LogP contribution in [-0.4, -0.2) is 12.6 Å². The molecule has 3 heteroatoms. The van der Waals surface area contributed by atoms with E-state index >= 15 is 0 Å². The van der Waals surface area contributed by atoms with E-state index < -0.39 is 0 Å². The molecule has 0 fully saturated rings. The van der Waals surface area contributed by atoms with Crippen molar-refractivity contribution in [2.45, 2.75) is 45.7 Å². The monoisotopic (exact) mass is 246 g/mol. The molecular formula is C15H22N2O. The van der Waals surface area contributed by atoms with E-state index in [9.17, 15) is 0 Å². The second-order valence-corrected chi connectivity index (χ2v) is 4.64. The van der Waals surface area contributed by atoms with Crippen molar-refractivity contribution in [2.24, 2.45) is 0 Å². The number of benzene rings is 1. The molecule has 0 radical (unpaired) electrons. The summed E-state index contributed by atoms with van der Waals surface area (Å²) in [5, 5.41) is 11.8. The molecule has 3 nitrogen and oxygen atoms in total. The molecular weight excluding hydrogens is 224 g/mol. The fourth-order valence-electron chi connectivity index (χ4n) is 1.52. The van der Waals surface area contributed by atoms with Gasteiger partial charge in [0.2, 0.25) is 0 Å². The Bertz CT molecular complexity index is 365. The molecule has 0 unspecified atom stereocenters. The van der Waals surface area contributed by atoms with Crippen LogP contribution >= 0.6 is 0 Å². The van der Waals surface area contributed by atoms with Gasteiger partial charge in [0.05, 0.1) is 12.7 Å². The van der Waals surface area contributed by atoms with Gasteiger partial charge in [-0.15, -0.1) is 0 Å². The standard InChI is InChI=1S/C15H22N2O/c1-13(2)17-12-14-6-8-15(9-7-14)18-11-5-3-4-10-16/h6-9,13,17H,3-5,11-12H2,1-2H3. The Kier molecular flexibility index (Phi) is 6.90. The van der Waals surface area contributed by atoms with Gasteiger partial charge in [-0.2, -0.15) is 5.26 Å². The lowest BCUT2D eigenvalue weighted by molar-refractivity contribution is 0.307. The van der Waals surface area contributed by atoms with Crippen LogP contribution in [0.1, 0.15) is 38.7 Å². The lowest BCUT2D eigenvalue weighted by Crippen LogP contribution is -2.21. The third-order valence-electron chi connectivity index (χ3n) is 2.59. The molecule has 1 aromatic carbocycles. The molecule has 0 saturated carbocycles. The number of nitrogens with one attached hydrogen (secondary N) is 1. The first kappa shape index (κ1) is 14.5. The molecule has 1 rings (SSSR count). The Balaban J connectivity index is 2.25. The lowest BCUT2D eigenvalue weighted by atomic mass is 10.2. The quantitative estimate of drug-likeness (QED) is 0.716. The van der Waals surface area contributed by atoms with Crippen molar-refractivity contribution in [1.82, 2.24) is 5.32 Å². The second-order valence-electron chi connectivity index (χ2n) is 4.64. The van der Waals surface area contributed by atoms with Crippen LogP contribution in [-0.2, 0) is 6.54 Å². The summed E-state index contributed by atoms with van der Waals surface area (Å²) in [5.74, 6) is 0.903. The molecule has 0 atom stereocenters. The van der Waals surface area contributed by atoms with Crippen LogP contribution in [0.4, 0.5) is 0 Å². The van der Waals surface area contributed by atoms with Crippen LogP contribution in [0.25, 0.3) is 0 Å². The summed E-state index contributed by atoms with van der Waals surface area (Å²) >= 11 is 0. The minimum absolute atomic E-state index is 0.501. The molecule has 0 amide bonds. The van der Waals surface area contributed by atoms with Gasteiger partial charge in [-0.25, -0.2) is 0 Å². The van der Waals surface area contributed by atoms with Gasteiger partial charge in [0.1, 0.15) is 5.75 Å². The molecule has 18 heavy (non-hydrogen) atoms. The largest absolute Gasteiger partial charge is 0.494 e. The Morgan fingerprint density at radius 3 is 2.56 bits per heavy atom. The van der Waals surface area contributed by atoms with E-state index in [2.05, 4.69) is 37.4 Å². The van der Waals surface area contributed by atoms with Crippen molar-refractivity contribution in [3.8, 4) is 11.8 Å². The van der Waals surface area contributed by atoms with Gasteiger partial charge in [-0.1, -0.05) is 26.0 Å². The molecule has 0 heterocycles. The maximum Gasteiger partial charge on any atom is 0.119 e. The zero-order valence-corrected chi connectivity index (χ0v) is 11.3. The van der Waals surface area contributed by atoms with E-state index in [1.165, 1.54) is 5.56 Å². The molecule has 0 saturated heterocycles. The van der Waals surface area contributed by atoms with Crippen LogP contribution in [0.5, 0.6) is 5.75 Å². The zero-order chi connectivity index (χ0) is 13.2. The van der Waals surface area contributed by atoms with Gasteiger partial charge in [-0.05, 0) is 30.5 Å². The van der Waals surface area contributed by atoms with Crippen molar-refractivity contribution >= 4 is 0 Å². The first-order valence-corrected chi connectivity index (χ1v) is 6.54. The summed E-state index contributed by atoms with van der Waals surface area (Å²) in [7, 11) is 0. The average Bonchev–Trinajstić information content (AvgIpc) is 2.37. The number of nitrogens with zero attached hydrogens (tertiary/aromatic N) is 1. The summed E-state index contributed by atoms with van der Waals surface area (Å²) in [5.41, 5.74) is 1.26. The van der Waals surface area contributed by atoms with Crippen LogP contribution in [0.15, 0.2) is 24.3 Å². The second kappa shape index (κ2) is 8.54. The van der Waals surface area contributed by atoms with E-state index in [4.69, 9.17) is 10.00 Å². The fraction of sp³-hybridized carbons (Fsp3) is 0.533. The Morgan fingerprint density at radius 2 is 1.94 bits per heavy atom. The number of hydrogen-bond acceptors (Lipinski definition) is 3. The van der Waals surface area contributed by atoms with Crippen LogP contribution in [0.2, 0.25) is 0 Å². The topological polar surface area (TPSA) is 45.0 Å². The smallest absolute Gasteiger partial charge is 0.119 e. The highest BCUT2D eigenvalue weighted by Crippen LogP contribution is 2.12. The Labute approximate surface area is 110 Å². The zero-order valence-electron chi connectivity index (χ0n) is 11.3. The SMILES string of the molecule is CC(C)NCc1ccc(OCCCCC#N)cc1. The van der Waals surface area contributed by atoms with Crippen LogP contribution in [0.3, 0.4) is 0 Å². The Hall–Kier alpha value is -1.53. The van der Waals surface area contributed by atoms with E-state index in [1.807, 2.05) is 12.1 Å². The van der Waals surface area contributed by atoms with Gasteiger partial charge < -0.3 is 10.1 Å². The van der Waals surface area contributed by atoms with E-state index in [-0.39, 0.29) is 0 Å². The first-order chi connectivity index (χ1) is 8.72. The summed E-state index contributed by atoms with van der Waals surface area (Å²) in [6.07, 6.45) is 2.46. The van der Waals surface area contributed by atoms with E-state index in [0.29, 0.717) is 19.1 Å². The fourth-order valence-corrected chi connectivity index (χ4v) is 1.52. The number of ether oxygens (including phenoxy) is 1. The van der Waals surface area contributed by atoms with Crippen molar-refractivity contribution in [3.05, 3.63) is 29.8 Å². The van der Waals surface area contributed by atoms with Gasteiger partial charge in [0.15, 0.2) is 0 Å². The summed E-state index contributed by atoms with van der Waals surface area (Å²) < 4.78 is 5.60. The van der Waals surface area contributed by atoms with E-state index in [0.717, 1.165) is 25.1 Å². The molecule has 0 aromatic heterocycles. The average molecular weight is 246 g/mol. The summed E-state index contributed by atoms with van der Waals surface area (Å²) in [4.78, 5) is 0. The molecule has 1 aromatic rings. The molecule has 0 bridgehead atoms. The molecule has 0 aliphatic rings. The molecule has 1 N–H and O–H groups in total. The normalized spacial score (nSPS) is 10.3. The van der Waals surface area contributed by atoms with Crippen molar-refractivity contribution < 1.29 is 4.74 Å². The van der Waals surface area contributed by atoms with Crippen molar-refractivity contribution in [2.75, 3.05) is 6.61 Å². The summed E-state index contributed by atoms with van der Waals surface area (Å²) in [6, 6.07) is 10.8. The first-order valence-electron chi connectivity index (χ1n) is 6.54. The highest BCUT2D eigenvalue weighted by molar-refractivity contribution is 5.27. The Morgan fingerprint density at radius 1 is 1.22 bits per heavy atom. The predicted octanol–water partition coefficient (Wildman–Crippen LogP) is 3.26. The lowest BCUT2D eigenvalue weighted by Gasteiger charge is -2.09. The minimum atomic E-state index is 0.501. The van der Waals surface area contributed by atoms with Gasteiger partial charge in [-0.3, -0.25) is 0 Å². The molecule has 98 valence electrons. The van der Waals surface area contributed by atoms with Crippen molar-refractivity contribution in [3.63, 3.8) is 0 Å². The van der Waals surface area contributed by atoms with Crippen LogP contribution in [0, 0.1) is 11.3 Å². The maximum absolute atomic E-state index is 8.41. The number of nitriles is 1. The molecule has 0 spiro atoms. The number of unbranched alkanes of at least 4 members (excludes halogenated alkanes) is 2. The van der Waals surface area contributed by atoms with E-state index in [1.54, 1.807) is 0 Å². The predicted molar refractivity (Wildman–Crippen MR) is 73.4 cm³/mol. The van der Waals surface area contributed by atoms with Gasteiger partial charge >= 0.3 is 0 Å². The minimum Gasteiger partial charge on any atom is -0.494 e. The number of rotatable bonds is 8. The molecule has 0 aliphatic heterocycles. The highest BCUT2D eigenvalue weighted by atomic mass is 16.5. The van der Waals surface area contributed by atoms with Crippen molar-refractivity contribution in [1.29, 1.82) is 5.26 Å². The maximum atomic E-state index is 8.41. The third kappa shape index (κ3) is 6.27. The third-order valence-corrected chi connectivity index (χ3v) is 2.59. The van der Waals surface area contributed by atoms with Crippen LogP contribution < -0.4 is 10.1 Å². The number of hydrogen-bond donors (Lipinski definition) is 1. The summed E-state index contributed by atoms with van der Waals surface area (Å²) in [6.45, 7) is 5.85.